The Morgan fingerprint density at radius 3 is 1.38 bits per heavy atom. The largest absolute Gasteiger partial charge is 0.505 e. The molecule has 23 nitrogen and oxygen atoms in total. The number of phenolic OH excluding ortho intramolecular Hbond substituents is 1. The summed E-state index contributed by atoms with van der Waals surface area (Å²) in [5.74, 6) is 0.331. The smallest absolute Gasteiger partial charge is 0.296 e. The van der Waals surface area contributed by atoms with Crippen molar-refractivity contribution >= 4 is 98.0 Å². The first-order valence-electron chi connectivity index (χ1n) is 20.2. The summed E-state index contributed by atoms with van der Waals surface area (Å²) in [4.78, 5) is -2.36. The predicted molar refractivity (Wildman–Crippen MR) is 257 cm³/mol. The molecule has 0 saturated carbocycles. The maximum atomic E-state index is 12.6. The van der Waals surface area contributed by atoms with Gasteiger partial charge in [-0.2, -0.15) is 55.9 Å². The topological polar surface area (TPSA) is 335 Å². The molecule has 0 heterocycles. The normalized spacial score (nSPS) is 12.6. The molecule has 0 amide bonds. The molecule has 7 rings (SSSR count). The van der Waals surface area contributed by atoms with Crippen molar-refractivity contribution < 1.29 is 58.2 Å². The highest BCUT2D eigenvalue weighted by Gasteiger charge is 2.24. The van der Waals surface area contributed by atoms with Crippen LogP contribution in [0.5, 0.6) is 23.0 Å². The zero-order valence-corrected chi connectivity index (χ0v) is 40.1. The van der Waals surface area contributed by atoms with Crippen molar-refractivity contribution in [3.63, 3.8) is 0 Å². The highest BCUT2D eigenvalue weighted by Crippen LogP contribution is 2.45. The lowest BCUT2D eigenvalue weighted by Gasteiger charge is -2.11. The summed E-state index contributed by atoms with van der Waals surface area (Å²) < 4.78 is 117. The highest BCUT2D eigenvalue weighted by molar-refractivity contribution is 7.87. The zero-order valence-electron chi connectivity index (χ0n) is 37.6. The fraction of sp³-hybridized carbons (Fsp3) is 0.111. The van der Waals surface area contributed by atoms with Crippen LogP contribution < -0.4 is 14.2 Å². The van der Waals surface area contributed by atoms with E-state index in [0.29, 0.717) is 57.1 Å². The number of nitrogens with zero attached hydrogens (tertiary/aromatic N) is 10. The quantitative estimate of drug-likeness (QED) is 0.0517. The van der Waals surface area contributed by atoms with Crippen LogP contribution in [-0.4, -0.2) is 65.3 Å². The lowest BCUT2D eigenvalue weighted by Crippen LogP contribution is -2.03. The van der Waals surface area contributed by atoms with Crippen molar-refractivity contribution in [3.05, 3.63) is 126 Å². The van der Waals surface area contributed by atoms with E-state index in [0.717, 1.165) is 18.2 Å². The van der Waals surface area contributed by atoms with E-state index < -0.39 is 56.5 Å². The van der Waals surface area contributed by atoms with Gasteiger partial charge in [-0.1, -0.05) is 0 Å². The molecule has 4 N–H and O–H groups in total. The van der Waals surface area contributed by atoms with Gasteiger partial charge in [-0.15, -0.1) is 20.5 Å². The standard InChI is InChI=1S/C45H38N10O13S3/c1-25-18-30(9-15-35(25)50-48-29-10-16-36(26(2)19-29)51-52-37-17-13-33(69(57,58)59)22-42(37)70(60,61)62)49-53-38-23-41(68-5)39(24-40(38)67-4)54-55-44-43(71(63,64)65)21-27-20-31(8-14-34(27)45(44)56)47-46-28-6-11-32(66-3)12-7-28/h6-24,56H,1-5H3,(H,57,58,59)(H,60,61,62)(H,63,64,65). The Hall–Kier alpha value is -8.27. The maximum absolute atomic E-state index is 12.6. The van der Waals surface area contributed by atoms with Crippen molar-refractivity contribution in [1.29, 1.82) is 0 Å². The van der Waals surface area contributed by atoms with Gasteiger partial charge < -0.3 is 19.3 Å². The SMILES string of the molecule is COc1ccc(N=Nc2ccc3c(O)c(N=Nc4cc(OC)c(N=Nc5ccc(N=Nc6ccc(N=Nc7ccc(S(=O)(=O)O)cc7S(=O)(=O)O)c(C)c6)c(C)c5)cc4OC)c(S(=O)(=O)O)cc3c2)cc1. The number of fused-ring (bicyclic) bond motifs is 1. The molecule has 0 saturated heterocycles. The minimum atomic E-state index is -4.95. The van der Waals surface area contributed by atoms with Crippen LogP contribution in [0.2, 0.25) is 0 Å². The third-order valence-electron chi connectivity index (χ3n) is 10.1. The highest BCUT2D eigenvalue weighted by atomic mass is 32.2. The van der Waals surface area contributed by atoms with Crippen molar-refractivity contribution in [1.82, 2.24) is 0 Å². The lowest BCUT2D eigenvalue weighted by molar-refractivity contribution is 0.405. The van der Waals surface area contributed by atoms with Gasteiger partial charge >= 0.3 is 0 Å². The molecule has 7 aromatic carbocycles. The Kier molecular flexibility index (Phi) is 14.8. The first-order chi connectivity index (χ1) is 33.6. The van der Waals surface area contributed by atoms with Crippen LogP contribution in [0.15, 0.2) is 181 Å². The van der Waals surface area contributed by atoms with Crippen LogP contribution in [0.4, 0.5) is 56.9 Å². The van der Waals surface area contributed by atoms with Crippen molar-refractivity contribution in [3.8, 4) is 23.0 Å². The number of methoxy groups -OCH3 is 3. The molecule has 0 aliphatic heterocycles. The number of rotatable bonds is 16. The van der Waals surface area contributed by atoms with Gasteiger partial charge in [0.15, 0.2) is 5.75 Å². The average molecular weight is 1020 g/mol. The summed E-state index contributed by atoms with van der Waals surface area (Å²) in [6, 6.07) is 27.5. The van der Waals surface area contributed by atoms with E-state index in [1.807, 2.05) is 0 Å². The molecule has 0 fully saturated rings. The number of hydrogen-bond acceptors (Lipinski definition) is 20. The lowest BCUT2D eigenvalue weighted by atomic mass is 10.1. The van der Waals surface area contributed by atoms with Gasteiger partial charge in [0, 0.05) is 17.5 Å². The number of aryl methyl sites for hydroxylation is 2. The summed E-state index contributed by atoms with van der Waals surface area (Å²) in [5, 5.41) is 53.4. The van der Waals surface area contributed by atoms with E-state index in [2.05, 4.69) is 51.1 Å². The second-order valence-electron chi connectivity index (χ2n) is 14.9. The van der Waals surface area contributed by atoms with E-state index in [1.54, 1.807) is 74.5 Å². The Labute approximate surface area is 404 Å². The van der Waals surface area contributed by atoms with E-state index in [4.69, 9.17) is 14.2 Å². The van der Waals surface area contributed by atoms with Crippen LogP contribution in [-0.2, 0) is 30.4 Å². The number of phenols is 1. The van der Waals surface area contributed by atoms with Gasteiger partial charge in [0.1, 0.15) is 49.8 Å². The minimum absolute atomic E-state index is 0.0405. The Morgan fingerprint density at radius 1 is 0.408 bits per heavy atom. The fourth-order valence-corrected chi connectivity index (χ4v) is 8.38. The molecule has 0 aliphatic carbocycles. The van der Waals surface area contributed by atoms with E-state index in [9.17, 15) is 44.0 Å². The van der Waals surface area contributed by atoms with Crippen molar-refractivity contribution in [2.24, 2.45) is 51.1 Å². The zero-order chi connectivity index (χ0) is 51.3. The molecule has 71 heavy (non-hydrogen) atoms. The molecule has 0 aromatic heterocycles. The molecule has 0 spiro atoms. The van der Waals surface area contributed by atoms with Crippen molar-refractivity contribution in [2.75, 3.05) is 21.3 Å². The molecule has 0 aliphatic rings. The first kappa shape index (κ1) is 50.6. The van der Waals surface area contributed by atoms with Crippen molar-refractivity contribution in [2.45, 2.75) is 28.5 Å². The Balaban J connectivity index is 1.07. The summed E-state index contributed by atoms with van der Waals surface area (Å²) >= 11 is 0. The van der Waals surface area contributed by atoms with Gasteiger partial charge in [-0.25, -0.2) is 0 Å². The number of aromatic hydroxyl groups is 1. The molecule has 7 aromatic rings. The first-order valence-corrected chi connectivity index (χ1v) is 24.5. The molecule has 364 valence electrons. The molecule has 0 bridgehead atoms. The molecule has 26 heteroatoms. The maximum Gasteiger partial charge on any atom is 0.296 e. The van der Waals surface area contributed by atoms with E-state index in [1.165, 1.54) is 51.7 Å². The third kappa shape index (κ3) is 12.1. The minimum Gasteiger partial charge on any atom is -0.505 e. The molecule has 0 unspecified atom stereocenters. The monoisotopic (exact) mass is 1020 g/mol. The number of hydrogen-bond donors (Lipinski definition) is 4. The third-order valence-corrected chi connectivity index (χ3v) is 12.7. The van der Waals surface area contributed by atoms with E-state index in [-0.39, 0.29) is 39.3 Å². The van der Waals surface area contributed by atoms with Crippen LogP contribution in [0.1, 0.15) is 11.1 Å². The second-order valence-corrected chi connectivity index (χ2v) is 19.1. The Bertz CT molecular complexity index is 3740. The summed E-state index contributed by atoms with van der Waals surface area (Å²) in [7, 11) is -10.4. The number of benzene rings is 7. The van der Waals surface area contributed by atoms with Gasteiger partial charge in [0.25, 0.3) is 30.4 Å². The van der Waals surface area contributed by atoms with Crippen LogP contribution in [0.25, 0.3) is 10.8 Å². The fourth-order valence-electron chi connectivity index (χ4n) is 6.49. The molecule has 0 atom stereocenters. The summed E-state index contributed by atoms with van der Waals surface area (Å²) in [5.41, 5.74) is 3.07. The van der Waals surface area contributed by atoms with Gasteiger partial charge in [-0.05, 0) is 133 Å². The van der Waals surface area contributed by atoms with Crippen LogP contribution >= 0.6 is 0 Å². The average Bonchev–Trinajstić information content (AvgIpc) is 3.33. The molecular formula is C45H38N10O13S3. The predicted octanol–water partition coefficient (Wildman–Crippen LogP) is 13.0. The van der Waals surface area contributed by atoms with Crippen LogP contribution in [0.3, 0.4) is 0 Å². The van der Waals surface area contributed by atoms with Crippen LogP contribution in [0, 0.1) is 13.8 Å². The van der Waals surface area contributed by atoms with Gasteiger partial charge in [-0.3, -0.25) is 13.7 Å². The summed E-state index contributed by atoms with van der Waals surface area (Å²) in [6.07, 6.45) is 0. The number of ether oxygens (including phenoxy) is 3. The molecule has 0 radical (unpaired) electrons. The molecular weight excluding hydrogens is 985 g/mol. The van der Waals surface area contributed by atoms with Gasteiger partial charge in [0.05, 0.1) is 60.3 Å². The number of azo groups is 5. The Morgan fingerprint density at radius 2 is 0.859 bits per heavy atom. The summed E-state index contributed by atoms with van der Waals surface area (Å²) in [6.45, 7) is 3.47. The van der Waals surface area contributed by atoms with Gasteiger partial charge in [0.2, 0.25) is 0 Å². The van der Waals surface area contributed by atoms with E-state index >= 15 is 0 Å². The second kappa shape index (κ2) is 20.8.